The van der Waals surface area contributed by atoms with Crippen molar-refractivity contribution in [3.63, 3.8) is 0 Å². The number of nitrogens with zero attached hydrogens (tertiary/aromatic N) is 1. The zero-order chi connectivity index (χ0) is 11.4. The lowest BCUT2D eigenvalue weighted by molar-refractivity contribution is 0.596. The second-order valence-corrected chi connectivity index (χ2v) is 5.61. The van der Waals surface area contributed by atoms with Crippen molar-refractivity contribution in [3.8, 4) is 0 Å². The highest BCUT2D eigenvalue weighted by molar-refractivity contribution is 7.90. The van der Waals surface area contributed by atoms with Crippen molar-refractivity contribution in [1.82, 2.24) is 0 Å². The van der Waals surface area contributed by atoms with Gasteiger partial charge in [0, 0.05) is 5.71 Å². The van der Waals surface area contributed by atoms with E-state index in [-0.39, 0.29) is 4.90 Å². The maximum absolute atomic E-state index is 11.9. The minimum Gasteiger partial charge on any atom is -0.199 e. The number of hydrogen-bond donors (Lipinski definition) is 0. The summed E-state index contributed by atoms with van der Waals surface area (Å²) in [5, 5.41) is 0. The summed E-state index contributed by atoms with van der Waals surface area (Å²) >= 11 is 0. The minimum atomic E-state index is -3.47. The molecule has 0 amide bonds. The zero-order valence-corrected chi connectivity index (χ0v) is 9.91. The molecule has 0 heterocycles. The maximum Gasteiger partial charge on any atom is 0.282 e. The van der Waals surface area contributed by atoms with Gasteiger partial charge in [0.2, 0.25) is 0 Å². The van der Waals surface area contributed by atoms with Crippen LogP contribution in [0.15, 0.2) is 39.6 Å². The molecular weight excluding hydrogens is 222 g/mol. The Kier molecular flexibility index (Phi) is 3.39. The molecule has 0 bridgehead atoms. The van der Waals surface area contributed by atoms with Crippen LogP contribution < -0.4 is 0 Å². The van der Waals surface area contributed by atoms with E-state index in [0.29, 0.717) is 0 Å². The fourth-order valence-corrected chi connectivity index (χ4v) is 3.00. The van der Waals surface area contributed by atoms with Crippen molar-refractivity contribution in [3.05, 3.63) is 30.3 Å². The number of hydrogen-bond acceptors (Lipinski definition) is 2. The van der Waals surface area contributed by atoms with E-state index in [9.17, 15) is 8.42 Å². The molecule has 3 nitrogen and oxygen atoms in total. The molecule has 1 aromatic carbocycles. The van der Waals surface area contributed by atoms with E-state index >= 15 is 0 Å². The van der Waals surface area contributed by atoms with Gasteiger partial charge >= 0.3 is 0 Å². The maximum atomic E-state index is 11.9. The topological polar surface area (TPSA) is 46.5 Å². The molecular formula is C12H15NO2S. The van der Waals surface area contributed by atoms with Crippen molar-refractivity contribution in [1.29, 1.82) is 0 Å². The summed E-state index contributed by atoms with van der Waals surface area (Å²) in [6.07, 6.45) is 4.95. The van der Waals surface area contributed by atoms with Gasteiger partial charge < -0.3 is 0 Å². The van der Waals surface area contributed by atoms with E-state index in [0.717, 1.165) is 31.4 Å². The normalized spacial score (nSPS) is 17.1. The van der Waals surface area contributed by atoms with E-state index in [4.69, 9.17) is 0 Å². The summed E-state index contributed by atoms with van der Waals surface area (Å²) in [5.41, 5.74) is 0.829. The smallest absolute Gasteiger partial charge is 0.199 e. The molecule has 0 spiro atoms. The lowest BCUT2D eigenvalue weighted by atomic mass is 9.99. The minimum absolute atomic E-state index is 0.285. The quantitative estimate of drug-likeness (QED) is 0.794. The van der Waals surface area contributed by atoms with Crippen LogP contribution in [0.1, 0.15) is 32.1 Å². The first-order valence-corrected chi connectivity index (χ1v) is 7.00. The number of rotatable bonds is 2. The van der Waals surface area contributed by atoms with Gasteiger partial charge in [0.25, 0.3) is 10.0 Å². The lowest BCUT2D eigenvalue weighted by Crippen LogP contribution is -2.08. The predicted octanol–water partition coefficient (Wildman–Crippen LogP) is 2.78. The standard InChI is InChI=1S/C12H15NO2S/c14-16(15,12-9-5-2-6-10-12)13-11-7-3-1-4-8-11/h2,5-6,9-10H,1,3-4,7-8H2. The average molecular weight is 237 g/mol. The van der Waals surface area contributed by atoms with E-state index < -0.39 is 10.0 Å². The monoisotopic (exact) mass is 237 g/mol. The Morgan fingerprint density at radius 2 is 1.56 bits per heavy atom. The summed E-state index contributed by atoms with van der Waals surface area (Å²) in [5.74, 6) is 0. The van der Waals surface area contributed by atoms with Crippen LogP contribution in [-0.4, -0.2) is 14.1 Å². The lowest BCUT2D eigenvalue weighted by Gasteiger charge is -2.11. The van der Waals surface area contributed by atoms with Gasteiger partial charge in [-0.25, -0.2) is 0 Å². The highest BCUT2D eigenvalue weighted by Gasteiger charge is 2.15. The number of sulfonamides is 1. The number of benzene rings is 1. The molecule has 1 aliphatic carbocycles. The molecule has 1 aliphatic rings. The van der Waals surface area contributed by atoms with Gasteiger partial charge in [-0.05, 0) is 37.8 Å². The Bertz CT molecular complexity index is 469. The Labute approximate surface area is 96.3 Å². The van der Waals surface area contributed by atoms with Crippen molar-refractivity contribution >= 4 is 15.7 Å². The fraction of sp³-hybridized carbons (Fsp3) is 0.417. The van der Waals surface area contributed by atoms with Crippen LogP contribution in [0.2, 0.25) is 0 Å². The SMILES string of the molecule is O=S(=O)(N=C1CCCCC1)c1ccccc1. The molecule has 0 atom stereocenters. The van der Waals surface area contributed by atoms with E-state index in [2.05, 4.69) is 4.40 Å². The second kappa shape index (κ2) is 4.78. The van der Waals surface area contributed by atoms with Gasteiger partial charge in [0.05, 0.1) is 4.90 Å². The van der Waals surface area contributed by atoms with Gasteiger partial charge in [0.15, 0.2) is 0 Å². The third kappa shape index (κ3) is 2.70. The molecule has 0 radical (unpaired) electrons. The molecule has 16 heavy (non-hydrogen) atoms. The molecule has 86 valence electrons. The first kappa shape index (κ1) is 11.3. The van der Waals surface area contributed by atoms with Crippen LogP contribution in [0, 0.1) is 0 Å². The van der Waals surface area contributed by atoms with E-state index in [1.807, 2.05) is 0 Å². The Balaban J connectivity index is 2.26. The molecule has 2 rings (SSSR count). The molecule has 0 saturated heterocycles. The Morgan fingerprint density at radius 1 is 0.938 bits per heavy atom. The van der Waals surface area contributed by atoms with Gasteiger partial charge in [-0.15, -0.1) is 0 Å². The van der Waals surface area contributed by atoms with Gasteiger partial charge in [-0.2, -0.15) is 12.8 Å². The summed E-state index contributed by atoms with van der Waals surface area (Å²) in [7, 11) is -3.47. The molecule has 1 fully saturated rings. The van der Waals surface area contributed by atoms with Crippen LogP contribution in [0.5, 0.6) is 0 Å². The van der Waals surface area contributed by atoms with Gasteiger partial charge in [0.1, 0.15) is 0 Å². The summed E-state index contributed by atoms with van der Waals surface area (Å²) in [4.78, 5) is 0.285. The van der Waals surface area contributed by atoms with Gasteiger partial charge in [-0.1, -0.05) is 24.6 Å². The second-order valence-electron chi connectivity index (χ2n) is 4.01. The Hall–Kier alpha value is -1.16. The third-order valence-electron chi connectivity index (χ3n) is 2.72. The van der Waals surface area contributed by atoms with E-state index in [1.54, 1.807) is 30.3 Å². The van der Waals surface area contributed by atoms with Crippen LogP contribution in [0.4, 0.5) is 0 Å². The Morgan fingerprint density at radius 3 is 2.19 bits per heavy atom. The zero-order valence-electron chi connectivity index (χ0n) is 9.09. The highest BCUT2D eigenvalue weighted by Crippen LogP contribution is 2.18. The van der Waals surface area contributed by atoms with Crippen LogP contribution >= 0.6 is 0 Å². The first-order chi connectivity index (χ1) is 7.68. The average Bonchev–Trinajstić information content (AvgIpc) is 2.31. The highest BCUT2D eigenvalue weighted by atomic mass is 32.2. The summed E-state index contributed by atoms with van der Waals surface area (Å²) in [6.45, 7) is 0. The molecule has 0 unspecified atom stereocenters. The molecule has 4 heteroatoms. The molecule has 0 aliphatic heterocycles. The van der Waals surface area contributed by atoms with Gasteiger partial charge in [-0.3, -0.25) is 0 Å². The van der Waals surface area contributed by atoms with Crippen LogP contribution in [0.25, 0.3) is 0 Å². The first-order valence-electron chi connectivity index (χ1n) is 5.56. The largest absolute Gasteiger partial charge is 0.282 e. The van der Waals surface area contributed by atoms with Crippen molar-refractivity contribution in [2.24, 2.45) is 4.40 Å². The summed E-state index contributed by atoms with van der Waals surface area (Å²) in [6, 6.07) is 8.40. The molecule has 1 aromatic rings. The summed E-state index contributed by atoms with van der Waals surface area (Å²) < 4.78 is 27.8. The fourth-order valence-electron chi connectivity index (χ4n) is 1.87. The molecule has 0 aromatic heterocycles. The van der Waals surface area contributed by atoms with Crippen molar-refractivity contribution < 1.29 is 8.42 Å². The molecule has 0 N–H and O–H groups in total. The van der Waals surface area contributed by atoms with E-state index in [1.165, 1.54) is 6.42 Å². The van der Waals surface area contributed by atoms with Crippen molar-refractivity contribution in [2.75, 3.05) is 0 Å². The van der Waals surface area contributed by atoms with Crippen LogP contribution in [-0.2, 0) is 10.0 Å². The van der Waals surface area contributed by atoms with Crippen molar-refractivity contribution in [2.45, 2.75) is 37.0 Å². The predicted molar refractivity (Wildman–Crippen MR) is 64.1 cm³/mol. The van der Waals surface area contributed by atoms with Crippen LogP contribution in [0.3, 0.4) is 0 Å². The third-order valence-corrected chi connectivity index (χ3v) is 4.09. The molecule has 1 saturated carbocycles.